The number of aromatic nitrogens is 1. The molecule has 1 fully saturated rings. The number of pyridine rings is 1. The topological polar surface area (TPSA) is 22.1 Å². The van der Waals surface area contributed by atoms with E-state index in [-0.39, 0.29) is 0 Å². The summed E-state index contributed by atoms with van der Waals surface area (Å²) in [6, 6.07) is 1.97. The van der Waals surface area contributed by atoms with E-state index in [2.05, 4.69) is 39.6 Å². The Morgan fingerprint density at radius 2 is 1.83 bits per heavy atom. The smallest absolute Gasteiger partial charge is 0.125 e. The highest BCUT2D eigenvalue weighted by Gasteiger charge is 2.25. The van der Waals surface area contributed by atoms with Gasteiger partial charge in [0, 0.05) is 23.5 Å². The van der Waals surface area contributed by atoms with Crippen molar-refractivity contribution in [1.29, 1.82) is 0 Å². The fraction of sp³-hybridized carbons (Fsp3) is 0.762. The van der Waals surface area contributed by atoms with Crippen LogP contribution in [0, 0.1) is 24.7 Å². The van der Waals surface area contributed by atoms with Gasteiger partial charge in [-0.05, 0) is 37.0 Å². The molecule has 0 saturated heterocycles. The van der Waals surface area contributed by atoms with Crippen LogP contribution in [-0.4, -0.2) is 12.1 Å². The first-order valence-corrected chi connectivity index (χ1v) is 9.41. The summed E-state index contributed by atoms with van der Waals surface area (Å²) in [7, 11) is 1.70. The Bertz CT molecular complexity index is 453. The van der Waals surface area contributed by atoms with E-state index < -0.39 is 0 Å². The minimum Gasteiger partial charge on any atom is -0.496 e. The second-order valence-electron chi connectivity index (χ2n) is 7.58. The number of hydrogen-bond acceptors (Lipinski definition) is 2. The normalized spacial score (nSPS) is 21.1. The van der Waals surface area contributed by atoms with Crippen molar-refractivity contribution < 1.29 is 4.74 Å². The van der Waals surface area contributed by atoms with E-state index >= 15 is 0 Å². The molecule has 2 heteroatoms. The maximum atomic E-state index is 5.25. The molecule has 0 radical (unpaired) electrons. The molecule has 0 spiro atoms. The molecular weight excluding hydrogens is 282 g/mol. The van der Waals surface area contributed by atoms with Gasteiger partial charge in [0.25, 0.3) is 0 Å². The second kappa shape index (κ2) is 9.95. The average Bonchev–Trinajstić information content (AvgIpc) is 2.54. The van der Waals surface area contributed by atoms with Crippen molar-refractivity contribution in [3.8, 4) is 5.75 Å². The van der Waals surface area contributed by atoms with E-state index in [0.717, 1.165) is 29.2 Å². The molecule has 23 heavy (non-hydrogen) atoms. The Hall–Kier alpha value is -1.05. The van der Waals surface area contributed by atoms with E-state index in [4.69, 9.17) is 4.74 Å². The molecule has 2 atom stereocenters. The molecule has 0 aliphatic heterocycles. The van der Waals surface area contributed by atoms with E-state index in [1.54, 1.807) is 7.11 Å². The van der Waals surface area contributed by atoms with Gasteiger partial charge in [-0.3, -0.25) is 4.98 Å². The summed E-state index contributed by atoms with van der Waals surface area (Å²) in [5.41, 5.74) is 2.17. The molecule has 0 amide bonds. The molecule has 1 aromatic rings. The van der Waals surface area contributed by atoms with Crippen LogP contribution in [-0.2, 0) is 0 Å². The summed E-state index contributed by atoms with van der Waals surface area (Å²) in [5.74, 6) is 4.41. The third-order valence-electron chi connectivity index (χ3n) is 5.22. The second-order valence-corrected chi connectivity index (χ2v) is 7.58. The van der Waals surface area contributed by atoms with Crippen molar-refractivity contribution in [3.63, 3.8) is 0 Å². The summed E-state index contributed by atoms with van der Waals surface area (Å²) in [6.07, 6.45) is 9.26. The number of aryl methyl sites for hydroxylation is 1. The zero-order valence-corrected chi connectivity index (χ0v) is 16.4. The fourth-order valence-corrected chi connectivity index (χ4v) is 3.78. The van der Waals surface area contributed by atoms with E-state index in [1.165, 1.54) is 37.7 Å². The standard InChI is InChI=1S/C11H22.C10H15NO/c1-4-10-7-5-6-8-11(10)9(2)3;1-7(2)9-6-11-8(3)5-10(9)12-4/h9-11H,4-8H2,1-3H3;5-7H,1-4H3. The lowest BCUT2D eigenvalue weighted by Crippen LogP contribution is -2.23. The Labute approximate surface area is 144 Å². The van der Waals surface area contributed by atoms with E-state index in [0.29, 0.717) is 5.92 Å². The summed E-state index contributed by atoms with van der Waals surface area (Å²) < 4.78 is 5.25. The molecule has 0 bridgehead atoms. The number of nitrogens with zero attached hydrogens (tertiary/aromatic N) is 1. The summed E-state index contributed by atoms with van der Waals surface area (Å²) >= 11 is 0. The van der Waals surface area contributed by atoms with Gasteiger partial charge in [-0.15, -0.1) is 0 Å². The Morgan fingerprint density at radius 3 is 2.30 bits per heavy atom. The quantitative estimate of drug-likeness (QED) is 0.642. The van der Waals surface area contributed by atoms with Gasteiger partial charge in [-0.1, -0.05) is 60.3 Å². The van der Waals surface area contributed by atoms with Gasteiger partial charge in [0.15, 0.2) is 0 Å². The summed E-state index contributed by atoms with van der Waals surface area (Å²) in [4.78, 5) is 4.23. The Morgan fingerprint density at radius 1 is 1.17 bits per heavy atom. The van der Waals surface area contributed by atoms with Crippen LogP contribution in [0.15, 0.2) is 12.3 Å². The molecule has 0 N–H and O–H groups in total. The predicted octanol–water partition coefficient (Wildman–Crippen LogP) is 6.38. The SMILES string of the molecule is CCC1CCCCC1C(C)C.COc1cc(C)ncc1C(C)C. The van der Waals surface area contributed by atoms with Gasteiger partial charge in [-0.25, -0.2) is 0 Å². The van der Waals surface area contributed by atoms with Crippen LogP contribution in [0.3, 0.4) is 0 Å². The van der Waals surface area contributed by atoms with Crippen LogP contribution in [0.1, 0.15) is 83.9 Å². The summed E-state index contributed by atoms with van der Waals surface area (Å²) in [5, 5.41) is 0. The number of rotatable bonds is 4. The molecule has 1 aliphatic carbocycles. The molecular formula is C21H37NO. The van der Waals surface area contributed by atoms with Gasteiger partial charge >= 0.3 is 0 Å². The van der Waals surface area contributed by atoms with Crippen LogP contribution in [0.5, 0.6) is 5.75 Å². The van der Waals surface area contributed by atoms with Crippen LogP contribution < -0.4 is 4.74 Å². The van der Waals surface area contributed by atoms with Crippen molar-refractivity contribution >= 4 is 0 Å². The van der Waals surface area contributed by atoms with Crippen molar-refractivity contribution in [3.05, 3.63) is 23.5 Å². The highest BCUT2D eigenvalue weighted by Crippen LogP contribution is 2.36. The minimum absolute atomic E-state index is 0.466. The van der Waals surface area contributed by atoms with Crippen molar-refractivity contribution in [1.82, 2.24) is 4.98 Å². The van der Waals surface area contributed by atoms with Gasteiger partial charge < -0.3 is 4.74 Å². The van der Waals surface area contributed by atoms with Crippen molar-refractivity contribution in [2.75, 3.05) is 7.11 Å². The predicted molar refractivity (Wildman–Crippen MR) is 100 cm³/mol. The third-order valence-corrected chi connectivity index (χ3v) is 5.22. The third kappa shape index (κ3) is 6.16. The van der Waals surface area contributed by atoms with Crippen molar-refractivity contribution in [2.24, 2.45) is 17.8 Å². The molecule has 1 aliphatic rings. The monoisotopic (exact) mass is 319 g/mol. The summed E-state index contributed by atoms with van der Waals surface area (Å²) in [6.45, 7) is 13.4. The van der Waals surface area contributed by atoms with Gasteiger partial charge in [0.05, 0.1) is 7.11 Å². The zero-order chi connectivity index (χ0) is 17.4. The molecule has 2 nitrogen and oxygen atoms in total. The van der Waals surface area contributed by atoms with Crippen LogP contribution in [0.2, 0.25) is 0 Å². The lowest BCUT2D eigenvalue weighted by molar-refractivity contribution is 0.175. The molecule has 132 valence electrons. The van der Waals surface area contributed by atoms with E-state index in [9.17, 15) is 0 Å². The molecule has 2 unspecified atom stereocenters. The first-order valence-electron chi connectivity index (χ1n) is 9.41. The zero-order valence-electron chi connectivity index (χ0n) is 16.4. The van der Waals surface area contributed by atoms with Gasteiger partial charge in [-0.2, -0.15) is 0 Å². The van der Waals surface area contributed by atoms with Crippen molar-refractivity contribution in [2.45, 2.75) is 79.6 Å². The first-order chi connectivity index (χ1) is 10.9. The average molecular weight is 320 g/mol. The molecule has 1 saturated carbocycles. The molecule has 2 rings (SSSR count). The van der Waals surface area contributed by atoms with Gasteiger partial charge in [0.2, 0.25) is 0 Å². The van der Waals surface area contributed by atoms with Crippen LogP contribution in [0.4, 0.5) is 0 Å². The largest absolute Gasteiger partial charge is 0.496 e. The van der Waals surface area contributed by atoms with E-state index in [1.807, 2.05) is 19.2 Å². The van der Waals surface area contributed by atoms with Crippen LogP contribution in [0.25, 0.3) is 0 Å². The molecule has 1 heterocycles. The highest BCUT2D eigenvalue weighted by atomic mass is 16.5. The highest BCUT2D eigenvalue weighted by molar-refractivity contribution is 5.34. The number of methoxy groups -OCH3 is 1. The van der Waals surface area contributed by atoms with Crippen LogP contribution >= 0.6 is 0 Å². The lowest BCUT2D eigenvalue weighted by Gasteiger charge is -2.33. The maximum absolute atomic E-state index is 5.25. The molecule has 1 aromatic heterocycles. The minimum atomic E-state index is 0.466. The fourth-order valence-electron chi connectivity index (χ4n) is 3.78. The Kier molecular flexibility index (Phi) is 8.65. The first kappa shape index (κ1) is 20.0. The molecule has 0 aromatic carbocycles. The lowest BCUT2D eigenvalue weighted by atomic mass is 9.72. The van der Waals surface area contributed by atoms with Gasteiger partial charge in [0.1, 0.15) is 5.75 Å². The maximum Gasteiger partial charge on any atom is 0.125 e. The number of ether oxygens (including phenoxy) is 1. The Balaban J connectivity index is 0.000000231. The number of hydrogen-bond donors (Lipinski definition) is 0.